The minimum Gasteiger partial charge on any atom is -0.465 e. The molecule has 2 heterocycles. The van der Waals surface area contributed by atoms with Gasteiger partial charge in [-0.05, 0) is 6.92 Å². The summed E-state index contributed by atoms with van der Waals surface area (Å²) in [5, 5.41) is 14.0. The Morgan fingerprint density at radius 2 is 2.29 bits per heavy atom. The summed E-state index contributed by atoms with van der Waals surface area (Å²) in [6.45, 7) is 2.23. The van der Waals surface area contributed by atoms with Crippen molar-refractivity contribution in [3.05, 3.63) is 44.0 Å². The third-order valence-electron chi connectivity index (χ3n) is 2.75. The largest absolute Gasteiger partial charge is 0.465 e. The average molecular weight is 308 g/mol. The first-order valence-electron chi connectivity index (χ1n) is 5.88. The summed E-state index contributed by atoms with van der Waals surface area (Å²) < 4.78 is 4.52. The van der Waals surface area contributed by atoms with E-state index < -0.39 is 10.9 Å². The Bertz CT molecular complexity index is 686. The van der Waals surface area contributed by atoms with Crippen molar-refractivity contribution in [1.82, 2.24) is 9.97 Å². The van der Waals surface area contributed by atoms with Crippen LogP contribution in [0, 0.1) is 17.0 Å². The van der Waals surface area contributed by atoms with Gasteiger partial charge in [0.05, 0.1) is 35.3 Å². The van der Waals surface area contributed by atoms with Gasteiger partial charge in [0.25, 0.3) is 0 Å². The van der Waals surface area contributed by atoms with Crippen molar-refractivity contribution in [2.75, 3.05) is 12.4 Å². The maximum atomic E-state index is 11.4. The number of pyridine rings is 1. The Balaban J connectivity index is 2.24. The van der Waals surface area contributed by atoms with E-state index in [4.69, 9.17) is 0 Å². The molecule has 0 aromatic carbocycles. The zero-order valence-corrected chi connectivity index (χ0v) is 12.1. The number of hydrogen-bond donors (Lipinski definition) is 1. The highest BCUT2D eigenvalue weighted by Crippen LogP contribution is 2.24. The maximum absolute atomic E-state index is 11.4. The molecule has 8 nitrogen and oxygen atoms in total. The summed E-state index contributed by atoms with van der Waals surface area (Å²) in [5.41, 5.74) is 2.32. The molecule has 9 heteroatoms. The normalized spacial score (nSPS) is 10.2. The fraction of sp³-hybridized carbons (Fsp3) is 0.250. The molecule has 0 saturated carbocycles. The molecule has 0 atom stereocenters. The highest BCUT2D eigenvalue weighted by molar-refractivity contribution is 7.09. The van der Waals surface area contributed by atoms with E-state index in [-0.39, 0.29) is 17.1 Å². The van der Waals surface area contributed by atoms with Crippen molar-refractivity contribution < 1.29 is 14.5 Å². The highest BCUT2D eigenvalue weighted by atomic mass is 32.1. The third kappa shape index (κ3) is 3.31. The zero-order chi connectivity index (χ0) is 15.4. The van der Waals surface area contributed by atoms with Crippen molar-refractivity contribution in [3.63, 3.8) is 0 Å². The Hall–Kier alpha value is -2.55. The number of methoxy groups -OCH3 is 1. The van der Waals surface area contributed by atoms with Crippen molar-refractivity contribution in [3.8, 4) is 0 Å². The van der Waals surface area contributed by atoms with Crippen LogP contribution in [0.3, 0.4) is 0 Å². The summed E-state index contributed by atoms with van der Waals surface area (Å²) in [4.78, 5) is 30.8. The number of nitrogens with one attached hydrogen (secondary N) is 1. The van der Waals surface area contributed by atoms with Gasteiger partial charge in [-0.15, -0.1) is 11.3 Å². The minimum absolute atomic E-state index is 0.0312. The van der Waals surface area contributed by atoms with Gasteiger partial charge in [-0.2, -0.15) is 0 Å². The number of carbonyl (C=O) groups excluding carboxylic acids is 1. The molecule has 0 amide bonds. The van der Waals surface area contributed by atoms with Crippen LogP contribution < -0.4 is 5.32 Å². The molecular weight excluding hydrogens is 296 g/mol. The monoisotopic (exact) mass is 308 g/mol. The number of carbonyl (C=O) groups is 1. The van der Waals surface area contributed by atoms with Crippen molar-refractivity contribution in [2.24, 2.45) is 0 Å². The molecule has 2 rings (SSSR count). The van der Waals surface area contributed by atoms with Gasteiger partial charge in [0.15, 0.2) is 0 Å². The average Bonchev–Trinajstić information content (AvgIpc) is 2.89. The Morgan fingerprint density at radius 1 is 1.52 bits per heavy atom. The van der Waals surface area contributed by atoms with Crippen LogP contribution in [0.15, 0.2) is 17.8 Å². The number of esters is 1. The fourth-order valence-electron chi connectivity index (χ4n) is 1.62. The van der Waals surface area contributed by atoms with Gasteiger partial charge in [-0.25, -0.2) is 14.8 Å². The van der Waals surface area contributed by atoms with Crippen molar-refractivity contribution in [1.29, 1.82) is 0 Å². The van der Waals surface area contributed by atoms with Gasteiger partial charge < -0.3 is 10.1 Å². The first-order chi connectivity index (χ1) is 10.0. The second-order valence-electron chi connectivity index (χ2n) is 4.05. The molecule has 0 saturated heterocycles. The van der Waals surface area contributed by atoms with Crippen LogP contribution in [0.4, 0.5) is 11.5 Å². The Labute approximate surface area is 124 Å². The lowest BCUT2D eigenvalue weighted by atomic mass is 10.2. The number of nitro groups is 1. The molecule has 0 spiro atoms. The van der Waals surface area contributed by atoms with E-state index in [0.717, 1.165) is 16.6 Å². The summed E-state index contributed by atoms with van der Waals surface area (Å²) >= 11 is 1.45. The lowest BCUT2D eigenvalue weighted by Crippen LogP contribution is -2.08. The van der Waals surface area contributed by atoms with Crippen LogP contribution in [0.1, 0.15) is 20.9 Å². The van der Waals surface area contributed by atoms with E-state index in [2.05, 4.69) is 20.0 Å². The second kappa shape index (κ2) is 6.27. The summed E-state index contributed by atoms with van der Waals surface area (Å²) in [6.07, 6.45) is 1.24. The first kappa shape index (κ1) is 14.9. The number of thiazole rings is 1. The van der Waals surface area contributed by atoms with Gasteiger partial charge in [0.1, 0.15) is 0 Å². The Kier molecular flexibility index (Phi) is 4.43. The van der Waals surface area contributed by atoms with Crippen LogP contribution in [-0.2, 0) is 11.3 Å². The van der Waals surface area contributed by atoms with E-state index in [1.54, 1.807) is 5.51 Å². The summed E-state index contributed by atoms with van der Waals surface area (Å²) in [7, 11) is 1.20. The van der Waals surface area contributed by atoms with Gasteiger partial charge >= 0.3 is 11.7 Å². The smallest absolute Gasteiger partial charge is 0.339 e. The molecule has 1 N–H and O–H groups in total. The second-order valence-corrected chi connectivity index (χ2v) is 4.99. The quantitative estimate of drug-likeness (QED) is 0.512. The standard InChI is InChI=1S/C12H12N4O4S/c1-7-10(21-6-15-7)5-14-11-9(16(18)19)3-8(4-13-11)12(17)20-2/h3-4,6H,5H2,1-2H3,(H,13,14). The molecule has 0 aliphatic rings. The van der Waals surface area contributed by atoms with Crippen molar-refractivity contribution >= 4 is 28.8 Å². The van der Waals surface area contributed by atoms with Crippen LogP contribution in [0.2, 0.25) is 0 Å². The number of rotatable bonds is 5. The topological polar surface area (TPSA) is 107 Å². The molecule has 2 aromatic rings. The van der Waals surface area contributed by atoms with Gasteiger partial charge in [0.2, 0.25) is 5.82 Å². The lowest BCUT2D eigenvalue weighted by Gasteiger charge is -2.06. The molecule has 0 radical (unpaired) electrons. The van der Waals surface area contributed by atoms with E-state index >= 15 is 0 Å². The third-order valence-corrected chi connectivity index (χ3v) is 3.68. The van der Waals surface area contributed by atoms with E-state index in [0.29, 0.717) is 6.54 Å². The summed E-state index contributed by atoms with van der Waals surface area (Å²) in [5.74, 6) is -0.573. The Morgan fingerprint density at radius 3 is 2.86 bits per heavy atom. The molecule has 21 heavy (non-hydrogen) atoms. The van der Waals surface area contributed by atoms with Crippen LogP contribution in [0.25, 0.3) is 0 Å². The molecule has 0 unspecified atom stereocenters. The number of ether oxygens (including phenoxy) is 1. The zero-order valence-electron chi connectivity index (χ0n) is 11.3. The highest BCUT2D eigenvalue weighted by Gasteiger charge is 2.19. The number of anilines is 1. The van der Waals surface area contributed by atoms with Gasteiger partial charge in [0, 0.05) is 17.1 Å². The molecule has 0 fully saturated rings. The van der Waals surface area contributed by atoms with E-state index in [1.165, 1.54) is 24.6 Å². The predicted molar refractivity (Wildman–Crippen MR) is 76.4 cm³/mol. The van der Waals surface area contributed by atoms with Crippen LogP contribution in [0.5, 0.6) is 0 Å². The van der Waals surface area contributed by atoms with Gasteiger partial charge in [-0.1, -0.05) is 0 Å². The van der Waals surface area contributed by atoms with E-state index in [1.807, 2.05) is 6.92 Å². The maximum Gasteiger partial charge on any atom is 0.339 e. The summed E-state index contributed by atoms with van der Waals surface area (Å²) in [6, 6.07) is 1.14. The molecular formula is C12H12N4O4S. The minimum atomic E-state index is -0.671. The molecule has 2 aromatic heterocycles. The van der Waals surface area contributed by atoms with Crippen LogP contribution >= 0.6 is 11.3 Å². The fourth-order valence-corrected chi connectivity index (χ4v) is 2.33. The molecule has 0 aliphatic carbocycles. The number of hydrogen-bond acceptors (Lipinski definition) is 8. The predicted octanol–water partition coefficient (Wildman–Crippen LogP) is 2.15. The molecule has 0 bridgehead atoms. The van der Waals surface area contributed by atoms with Crippen molar-refractivity contribution in [2.45, 2.75) is 13.5 Å². The molecule has 0 aliphatic heterocycles. The number of aryl methyl sites for hydroxylation is 1. The number of nitrogens with zero attached hydrogens (tertiary/aromatic N) is 3. The van der Waals surface area contributed by atoms with Gasteiger partial charge in [-0.3, -0.25) is 10.1 Å². The lowest BCUT2D eigenvalue weighted by molar-refractivity contribution is -0.384. The SMILES string of the molecule is COC(=O)c1cnc(NCc2scnc2C)c([N+](=O)[O-])c1. The van der Waals surface area contributed by atoms with E-state index in [9.17, 15) is 14.9 Å². The molecule has 110 valence electrons. The van der Waals surface area contributed by atoms with Crippen LogP contribution in [-0.4, -0.2) is 28.0 Å². The first-order valence-corrected chi connectivity index (χ1v) is 6.76. The number of aromatic nitrogens is 2.